The summed E-state index contributed by atoms with van der Waals surface area (Å²) in [5.41, 5.74) is 0.445. The molecule has 0 saturated heterocycles. The lowest BCUT2D eigenvalue weighted by molar-refractivity contribution is -0.110. The molecule has 58 valence electrons. The van der Waals surface area contributed by atoms with Crippen LogP contribution in [0.4, 0.5) is 0 Å². The molecule has 0 aromatic carbocycles. The van der Waals surface area contributed by atoms with Crippen LogP contribution in [0.2, 0.25) is 0 Å². The van der Waals surface area contributed by atoms with Crippen molar-refractivity contribution >= 4 is 6.41 Å². The molecule has 10 heavy (non-hydrogen) atoms. The van der Waals surface area contributed by atoms with E-state index in [4.69, 9.17) is 0 Å². The largest absolute Gasteiger partial charge is 0.356 e. The normalized spacial score (nSPS) is 30.0. The van der Waals surface area contributed by atoms with Gasteiger partial charge in [-0.05, 0) is 24.7 Å². The van der Waals surface area contributed by atoms with Gasteiger partial charge in [-0.25, -0.2) is 0 Å². The molecule has 0 spiro atoms. The Morgan fingerprint density at radius 1 is 1.60 bits per heavy atom. The summed E-state index contributed by atoms with van der Waals surface area (Å²) in [6, 6.07) is 0.437. The number of amides is 1. The topological polar surface area (TPSA) is 29.1 Å². The summed E-state index contributed by atoms with van der Waals surface area (Å²) < 4.78 is 0. The molecule has 1 N–H and O–H groups in total. The summed E-state index contributed by atoms with van der Waals surface area (Å²) in [4.78, 5) is 10.1. The van der Waals surface area contributed by atoms with E-state index in [2.05, 4.69) is 19.2 Å². The Labute approximate surface area is 62.0 Å². The van der Waals surface area contributed by atoms with Crippen LogP contribution in [0, 0.1) is 5.41 Å². The summed E-state index contributed by atoms with van der Waals surface area (Å²) in [5, 5.41) is 2.82. The van der Waals surface area contributed by atoms with Crippen LogP contribution in [0.5, 0.6) is 0 Å². The molecule has 0 aromatic heterocycles. The van der Waals surface area contributed by atoms with E-state index in [-0.39, 0.29) is 0 Å². The van der Waals surface area contributed by atoms with Gasteiger partial charge in [-0.15, -0.1) is 0 Å². The van der Waals surface area contributed by atoms with Gasteiger partial charge in [-0.1, -0.05) is 13.8 Å². The van der Waals surface area contributed by atoms with Crippen LogP contribution in [-0.2, 0) is 4.79 Å². The molecule has 1 rings (SSSR count). The van der Waals surface area contributed by atoms with E-state index in [0.717, 1.165) is 19.3 Å². The fraction of sp³-hybridized carbons (Fsp3) is 0.875. The molecule has 1 aliphatic carbocycles. The maximum absolute atomic E-state index is 10.1. The molecule has 1 saturated carbocycles. The fourth-order valence-electron chi connectivity index (χ4n) is 1.67. The Morgan fingerprint density at radius 3 is 2.70 bits per heavy atom. The minimum Gasteiger partial charge on any atom is -0.356 e. The van der Waals surface area contributed by atoms with Crippen LogP contribution >= 0.6 is 0 Å². The average Bonchev–Trinajstić information content (AvgIpc) is 2.12. The predicted octanol–water partition coefficient (Wildman–Crippen LogP) is 1.31. The van der Waals surface area contributed by atoms with Gasteiger partial charge in [-0.2, -0.15) is 0 Å². The van der Waals surface area contributed by atoms with Gasteiger partial charge in [0.25, 0.3) is 0 Å². The Hall–Kier alpha value is -0.530. The highest BCUT2D eigenvalue weighted by atomic mass is 16.1. The van der Waals surface area contributed by atoms with Crippen molar-refractivity contribution in [1.29, 1.82) is 0 Å². The zero-order valence-corrected chi connectivity index (χ0v) is 6.68. The fourth-order valence-corrected chi connectivity index (χ4v) is 1.67. The van der Waals surface area contributed by atoms with Gasteiger partial charge in [0, 0.05) is 6.04 Å². The van der Waals surface area contributed by atoms with E-state index in [1.54, 1.807) is 0 Å². The molecule has 1 unspecified atom stereocenters. The van der Waals surface area contributed by atoms with Crippen molar-refractivity contribution in [2.24, 2.45) is 5.41 Å². The van der Waals surface area contributed by atoms with Gasteiger partial charge in [0.2, 0.25) is 6.41 Å². The number of hydrogen-bond donors (Lipinski definition) is 1. The second-order valence-corrected chi connectivity index (χ2v) is 3.89. The van der Waals surface area contributed by atoms with Crippen molar-refractivity contribution in [3.63, 3.8) is 0 Å². The van der Waals surface area contributed by atoms with Crippen molar-refractivity contribution in [3.05, 3.63) is 0 Å². The smallest absolute Gasteiger partial charge is 0.207 e. The van der Waals surface area contributed by atoms with E-state index >= 15 is 0 Å². The zero-order valence-electron chi connectivity index (χ0n) is 6.68. The van der Waals surface area contributed by atoms with Crippen molar-refractivity contribution in [1.82, 2.24) is 5.32 Å². The standard InChI is InChI=1S/C8H15NO/c1-8(2)4-3-7(5-8)9-6-10/h6-7H,3-5H2,1-2H3,(H,9,10). The first-order valence-electron chi connectivity index (χ1n) is 3.84. The van der Waals surface area contributed by atoms with Crippen molar-refractivity contribution in [2.45, 2.75) is 39.2 Å². The number of carbonyl (C=O) groups is 1. The van der Waals surface area contributed by atoms with Crippen LogP contribution < -0.4 is 5.32 Å². The summed E-state index contributed by atoms with van der Waals surface area (Å²) >= 11 is 0. The lowest BCUT2D eigenvalue weighted by Gasteiger charge is -2.16. The first-order chi connectivity index (χ1) is 4.64. The first-order valence-corrected chi connectivity index (χ1v) is 3.84. The van der Waals surface area contributed by atoms with Crippen LogP contribution in [0.25, 0.3) is 0 Å². The lowest BCUT2D eigenvalue weighted by atomic mass is 9.92. The van der Waals surface area contributed by atoms with Crippen LogP contribution in [0.1, 0.15) is 33.1 Å². The monoisotopic (exact) mass is 141 g/mol. The van der Waals surface area contributed by atoms with Crippen LogP contribution in [0.3, 0.4) is 0 Å². The molecule has 2 heteroatoms. The lowest BCUT2D eigenvalue weighted by Crippen LogP contribution is -2.25. The predicted molar refractivity (Wildman–Crippen MR) is 40.6 cm³/mol. The molecule has 0 heterocycles. The van der Waals surface area contributed by atoms with E-state index in [9.17, 15) is 4.79 Å². The Balaban J connectivity index is 2.35. The molecule has 0 aromatic rings. The summed E-state index contributed by atoms with van der Waals surface area (Å²) in [6.07, 6.45) is 4.32. The van der Waals surface area contributed by atoms with Crippen molar-refractivity contribution in [3.8, 4) is 0 Å². The molecule has 1 fully saturated rings. The summed E-state index contributed by atoms with van der Waals surface area (Å²) in [5.74, 6) is 0. The molecular formula is C8H15NO. The number of hydrogen-bond acceptors (Lipinski definition) is 1. The van der Waals surface area contributed by atoms with Gasteiger partial charge < -0.3 is 5.32 Å². The summed E-state index contributed by atoms with van der Waals surface area (Å²) in [7, 11) is 0. The van der Waals surface area contributed by atoms with Gasteiger partial charge in [0.1, 0.15) is 0 Å². The van der Waals surface area contributed by atoms with Gasteiger partial charge in [-0.3, -0.25) is 4.79 Å². The van der Waals surface area contributed by atoms with Gasteiger partial charge in [0.15, 0.2) is 0 Å². The van der Waals surface area contributed by atoms with Crippen LogP contribution in [-0.4, -0.2) is 12.5 Å². The molecule has 0 radical (unpaired) electrons. The molecule has 1 atom stereocenters. The molecule has 1 amide bonds. The van der Waals surface area contributed by atoms with E-state index in [0.29, 0.717) is 11.5 Å². The molecule has 0 bridgehead atoms. The number of rotatable bonds is 2. The Kier molecular flexibility index (Phi) is 1.97. The zero-order chi connectivity index (χ0) is 7.61. The van der Waals surface area contributed by atoms with Gasteiger partial charge in [0.05, 0.1) is 0 Å². The Bertz CT molecular complexity index is 131. The Morgan fingerprint density at radius 2 is 2.30 bits per heavy atom. The SMILES string of the molecule is CC1(C)CCC(NC=O)C1. The first kappa shape index (κ1) is 7.58. The maximum Gasteiger partial charge on any atom is 0.207 e. The third-order valence-electron chi connectivity index (χ3n) is 2.27. The van der Waals surface area contributed by atoms with Crippen molar-refractivity contribution in [2.75, 3.05) is 0 Å². The summed E-state index contributed by atoms with van der Waals surface area (Å²) in [6.45, 7) is 4.50. The third-order valence-corrected chi connectivity index (χ3v) is 2.27. The maximum atomic E-state index is 10.1. The molecular weight excluding hydrogens is 126 g/mol. The molecule has 2 nitrogen and oxygen atoms in total. The quantitative estimate of drug-likeness (QED) is 0.577. The minimum atomic E-state index is 0.437. The minimum absolute atomic E-state index is 0.437. The van der Waals surface area contributed by atoms with E-state index in [1.165, 1.54) is 6.42 Å². The highest BCUT2D eigenvalue weighted by Gasteiger charge is 2.30. The highest BCUT2D eigenvalue weighted by molar-refractivity contribution is 5.46. The second-order valence-electron chi connectivity index (χ2n) is 3.89. The molecule has 1 aliphatic rings. The van der Waals surface area contributed by atoms with E-state index in [1.807, 2.05) is 0 Å². The third kappa shape index (κ3) is 1.72. The molecule has 0 aliphatic heterocycles. The average molecular weight is 141 g/mol. The highest BCUT2D eigenvalue weighted by Crippen LogP contribution is 2.36. The van der Waals surface area contributed by atoms with Crippen molar-refractivity contribution < 1.29 is 4.79 Å². The van der Waals surface area contributed by atoms with Gasteiger partial charge >= 0.3 is 0 Å². The second kappa shape index (κ2) is 2.60. The van der Waals surface area contributed by atoms with E-state index < -0.39 is 0 Å². The number of carbonyl (C=O) groups excluding carboxylic acids is 1. The van der Waals surface area contributed by atoms with Crippen LogP contribution in [0.15, 0.2) is 0 Å². The number of nitrogens with one attached hydrogen (secondary N) is 1.